The van der Waals surface area contributed by atoms with Crippen LogP contribution in [0.1, 0.15) is 18.4 Å². The highest BCUT2D eigenvalue weighted by Gasteiger charge is 2.03. The Morgan fingerprint density at radius 1 is 1.17 bits per heavy atom. The molecule has 2 rings (SSSR count). The smallest absolute Gasteiger partial charge is 0.244 e. The minimum Gasteiger partial charge on any atom is -0.353 e. The second-order valence-corrected chi connectivity index (χ2v) is 5.51. The van der Waals surface area contributed by atoms with E-state index >= 15 is 0 Å². The Labute approximate surface area is 145 Å². The molecule has 0 aliphatic carbocycles. The largest absolute Gasteiger partial charge is 0.353 e. The first kappa shape index (κ1) is 17.7. The third-order valence-electron chi connectivity index (χ3n) is 3.12. The summed E-state index contributed by atoms with van der Waals surface area (Å²) < 4.78 is 0. The molecule has 24 heavy (non-hydrogen) atoms. The van der Waals surface area contributed by atoms with Crippen LogP contribution in [0.2, 0.25) is 5.02 Å². The summed E-state index contributed by atoms with van der Waals surface area (Å²) in [5.74, 6) is -0.297. The van der Waals surface area contributed by atoms with Gasteiger partial charge in [-0.05, 0) is 48.4 Å². The molecule has 5 nitrogen and oxygen atoms in total. The summed E-state index contributed by atoms with van der Waals surface area (Å²) in [6, 6.07) is 10.6. The molecular weight excluding hydrogens is 326 g/mol. The quantitative estimate of drug-likeness (QED) is 0.598. The molecule has 0 bridgehead atoms. The predicted octanol–water partition coefficient (Wildman–Crippen LogP) is 3.28. The summed E-state index contributed by atoms with van der Waals surface area (Å²) in [4.78, 5) is 27.4. The zero-order valence-electron chi connectivity index (χ0n) is 13.0. The van der Waals surface area contributed by atoms with Crippen molar-refractivity contribution in [3.05, 3.63) is 65.5 Å². The molecule has 1 aromatic heterocycles. The molecule has 0 radical (unpaired) electrons. The first-order valence-electron chi connectivity index (χ1n) is 7.55. The highest BCUT2D eigenvalue weighted by Crippen LogP contribution is 2.13. The summed E-state index contributed by atoms with van der Waals surface area (Å²) in [6.07, 6.45) is 7.37. The van der Waals surface area contributed by atoms with Crippen molar-refractivity contribution in [2.45, 2.75) is 12.8 Å². The molecule has 6 heteroatoms. The number of benzene rings is 1. The molecule has 0 aliphatic rings. The molecule has 0 saturated heterocycles. The maximum atomic E-state index is 11.8. The van der Waals surface area contributed by atoms with E-state index in [1.54, 1.807) is 48.8 Å². The maximum Gasteiger partial charge on any atom is 0.244 e. The average molecular weight is 344 g/mol. The van der Waals surface area contributed by atoms with Gasteiger partial charge in [-0.1, -0.05) is 17.7 Å². The summed E-state index contributed by atoms with van der Waals surface area (Å²) in [7, 11) is 0. The van der Waals surface area contributed by atoms with Crippen LogP contribution < -0.4 is 10.6 Å². The van der Waals surface area contributed by atoms with Crippen molar-refractivity contribution in [3.8, 4) is 0 Å². The first-order valence-corrected chi connectivity index (χ1v) is 7.92. The molecule has 2 N–H and O–H groups in total. The standard InChI is InChI=1S/C18H18ClN3O2/c19-15-6-8-16(9-7-15)22-18(24)4-2-12-21-17(23)10-5-14-3-1-11-20-13-14/h1,3,5-11,13H,2,4,12H2,(H,21,23)(H,22,24)/b10-5-. The van der Waals surface area contributed by atoms with Crippen molar-refractivity contribution in [1.82, 2.24) is 10.3 Å². The highest BCUT2D eigenvalue weighted by atomic mass is 35.5. The monoisotopic (exact) mass is 343 g/mol. The molecular formula is C18H18ClN3O2. The highest BCUT2D eigenvalue weighted by molar-refractivity contribution is 6.30. The number of amides is 2. The second kappa shape index (κ2) is 9.47. The topological polar surface area (TPSA) is 71.1 Å². The number of halogens is 1. The van der Waals surface area contributed by atoms with Crippen LogP contribution in [0.4, 0.5) is 5.69 Å². The van der Waals surface area contributed by atoms with Crippen LogP contribution in [-0.2, 0) is 9.59 Å². The zero-order valence-corrected chi connectivity index (χ0v) is 13.8. The third-order valence-corrected chi connectivity index (χ3v) is 3.37. The Kier molecular flexibility index (Phi) is 6.98. The number of nitrogens with zero attached hydrogens (tertiary/aromatic N) is 1. The van der Waals surface area contributed by atoms with Gasteiger partial charge in [0.15, 0.2) is 0 Å². The van der Waals surface area contributed by atoms with Gasteiger partial charge in [-0.3, -0.25) is 14.6 Å². The Hall–Kier alpha value is -2.66. The Morgan fingerprint density at radius 2 is 1.96 bits per heavy atom. The summed E-state index contributed by atoms with van der Waals surface area (Å²) >= 11 is 5.78. The lowest BCUT2D eigenvalue weighted by atomic mass is 10.2. The number of pyridine rings is 1. The van der Waals surface area contributed by atoms with Crippen LogP contribution in [0.25, 0.3) is 6.08 Å². The van der Waals surface area contributed by atoms with Gasteiger partial charge in [0.25, 0.3) is 0 Å². The van der Waals surface area contributed by atoms with Crippen molar-refractivity contribution >= 4 is 35.2 Å². The number of anilines is 1. The van der Waals surface area contributed by atoms with E-state index in [1.807, 2.05) is 6.07 Å². The third kappa shape index (κ3) is 6.62. The van der Waals surface area contributed by atoms with Gasteiger partial charge in [0.1, 0.15) is 0 Å². The van der Waals surface area contributed by atoms with Crippen molar-refractivity contribution in [1.29, 1.82) is 0 Å². The lowest BCUT2D eigenvalue weighted by molar-refractivity contribution is -0.118. The number of carbonyl (C=O) groups excluding carboxylic acids is 2. The van der Waals surface area contributed by atoms with E-state index in [0.29, 0.717) is 30.1 Å². The molecule has 0 aliphatic heterocycles. The van der Waals surface area contributed by atoms with Crippen LogP contribution in [0.15, 0.2) is 54.9 Å². The van der Waals surface area contributed by atoms with Crippen LogP contribution in [0, 0.1) is 0 Å². The molecule has 0 saturated carbocycles. The fourth-order valence-corrected chi connectivity index (χ4v) is 2.05. The van der Waals surface area contributed by atoms with E-state index < -0.39 is 0 Å². The molecule has 2 amide bonds. The lowest BCUT2D eigenvalue weighted by Gasteiger charge is -2.05. The fourth-order valence-electron chi connectivity index (χ4n) is 1.92. The SMILES string of the molecule is O=C(/C=C\c1cccnc1)NCCCC(=O)Nc1ccc(Cl)cc1. The van der Waals surface area contributed by atoms with Gasteiger partial charge >= 0.3 is 0 Å². The number of rotatable bonds is 7. The van der Waals surface area contributed by atoms with Crippen molar-refractivity contribution < 1.29 is 9.59 Å². The molecule has 0 fully saturated rings. The average Bonchev–Trinajstić information content (AvgIpc) is 2.60. The van der Waals surface area contributed by atoms with E-state index in [4.69, 9.17) is 11.6 Å². The number of aromatic nitrogens is 1. The molecule has 2 aromatic rings. The number of nitrogens with one attached hydrogen (secondary N) is 2. The summed E-state index contributed by atoms with van der Waals surface area (Å²) in [5, 5.41) is 6.13. The van der Waals surface area contributed by atoms with Gasteiger partial charge in [0.05, 0.1) is 0 Å². The van der Waals surface area contributed by atoms with Crippen LogP contribution in [0.3, 0.4) is 0 Å². The van der Waals surface area contributed by atoms with Crippen LogP contribution >= 0.6 is 11.6 Å². The van der Waals surface area contributed by atoms with Gasteiger partial charge in [-0.2, -0.15) is 0 Å². The number of carbonyl (C=O) groups is 2. The van der Waals surface area contributed by atoms with E-state index in [1.165, 1.54) is 6.08 Å². The maximum absolute atomic E-state index is 11.8. The van der Waals surface area contributed by atoms with E-state index in [2.05, 4.69) is 15.6 Å². The van der Waals surface area contributed by atoms with Gasteiger partial charge in [0.2, 0.25) is 11.8 Å². The molecule has 0 atom stereocenters. The van der Waals surface area contributed by atoms with E-state index in [9.17, 15) is 9.59 Å². The van der Waals surface area contributed by atoms with Gasteiger partial charge in [-0.25, -0.2) is 0 Å². The normalized spacial score (nSPS) is 10.5. The van der Waals surface area contributed by atoms with Gasteiger partial charge in [-0.15, -0.1) is 0 Å². The molecule has 1 heterocycles. The van der Waals surface area contributed by atoms with E-state index in [-0.39, 0.29) is 11.8 Å². The number of hydrogen-bond acceptors (Lipinski definition) is 3. The molecule has 0 spiro atoms. The predicted molar refractivity (Wildman–Crippen MR) is 95.6 cm³/mol. The molecule has 1 aromatic carbocycles. The van der Waals surface area contributed by atoms with Crippen LogP contribution in [-0.4, -0.2) is 23.3 Å². The van der Waals surface area contributed by atoms with Gasteiger partial charge in [0, 0.05) is 42.1 Å². The summed E-state index contributed by atoms with van der Waals surface area (Å²) in [6.45, 7) is 0.435. The Morgan fingerprint density at radius 3 is 2.67 bits per heavy atom. The lowest BCUT2D eigenvalue weighted by Crippen LogP contribution is -2.23. The van der Waals surface area contributed by atoms with Crippen molar-refractivity contribution in [2.75, 3.05) is 11.9 Å². The van der Waals surface area contributed by atoms with Crippen molar-refractivity contribution in [3.63, 3.8) is 0 Å². The minimum absolute atomic E-state index is 0.0996. The van der Waals surface area contributed by atoms with Gasteiger partial charge < -0.3 is 10.6 Å². The second-order valence-electron chi connectivity index (χ2n) is 5.07. The zero-order chi connectivity index (χ0) is 17.2. The van der Waals surface area contributed by atoms with Crippen molar-refractivity contribution in [2.24, 2.45) is 0 Å². The molecule has 124 valence electrons. The first-order chi connectivity index (χ1) is 11.6. The van der Waals surface area contributed by atoms with Crippen LogP contribution in [0.5, 0.6) is 0 Å². The fraction of sp³-hybridized carbons (Fsp3) is 0.167. The number of hydrogen-bond donors (Lipinski definition) is 2. The Balaban J connectivity index is 1.63. The molecule has 0 unspecified atom stereocenters. The van der Waals surface area contributed by atoms with E-state index in [0.717, 1.165) is 5.56 Å². The Bertz CT molecular complexity index is 700. The summed E-state index contributed by atoms with van der Waals surface area (Å²) in [5.41, 5.74) is 1.56. The minimum atomic E-state index is -0.197.